The Morgan fingerprint density at radius 3 is 2.68 bits per heavy atom. The molecule has 1 atom stereocenters. The molecular formula is C28H33N5O. The molecule has 34 heavy (non-hydrogen) atoms. The van der Waals surface area contributed by atoms with Gasteiger partial charge in [0.25, 0.3) is 0 Å². The molecule has 0 unspecified atom stereocenters. The average molecular weight is 456 g/mol. The molecule has 1 N–H and O–H groups in total. The lowest BCUT2D eigenvalue weighted by atomic mass is 10.1. The Kier molecular flexibility index (Phi) is 6.97. The van der Waals surface area contributed by atoms with Gasteiger partial charge in [0.1, 0.15) is 5.82 Å². The zero-order chi connectivity index (χ0) is 23.3. The van der Waals surface area contributed by atoms with Gasteiger partial charge in [-0.05, 0) is 62.2 Å². The molecule has 176 valence electrons. The summed E-state index contributed by atoms with van der Waals surface area (Å²) >= 11 is 0. The maximum absolute atomic E-state index is 12.9. The van der Waals surface area contributed by atoms with Crippen molar-refractivity contribution < 1.29 is 4.79 Å². The third-order valence-corrected chi connectivity index (χ3v) is 6.83. The van der Waals surface area contributed by atoms with Crippen LogP contribution in [-0.4, -0.2) is 58.4 Å². The van der Waals surface area contributed by atoms with Gasteiger partial charge in [-0.25, -0.2) is 9.97 Å². The molecule has 0 aliphatic carbocycles. The molecule has 2 aromatic carbocycles. The van der Waals surface area contributed by atoms with Crippen LogP contribution in [0.4, 0.5) is 0 Å². The molecule has 1 fully saturated rings. The standard InChI is InChI=1S/C28H33N5O/c1-32-15-4-13-30-28(34)26-7-3-16-33(26)20-23-6-2-5-22(17-23)18-27-29-14-12-25(31-27)24-10-8-21(19-32)9-11-24/h2,5-6,8-12,14,17,26H,3-4,7,13,15-16,18-20H2,1H3,(H,30,34)/t26-/m0/s1. The minimum atomic E-state index is -0.0335. The molecular weight excluding hydrogens is 422 g/mol. The minimum Gasteiger partial charge on any atom is -0.355 e. The van der Waals surface area contributed by atoms with E-state index in [0.717, 1.165) is 69.1 Å². The number of carbonyl (C=O) groups excluding carboxylic acids is 1. The molecule has 6 rings (SSSR count). The number of carbonyl (C=O) groups is 1. The monoisotopic (exact) mass is 455 g/mol. The lowest BCUT2D eigenvalue weighted by Gasteiger charge is -2.24. The number of nitrogens with zero attached hydrogens (tertiary/aromatic N) is 4. The van der Waals surface area contributed by atoms with Gasteiger partial charge >= 0.3 is 0 Å². The van der Waals surface area contributed by atoms with E-state index >= 15 is 0 Å². The highest BCUT2D eigenvalue weighted by Gasteiger charge is 2.30. The topological polar surface area (TPSA) is 61.4 Å². The second-order valence-corrected chi connectivity index (χ2v) is 9.56. The smallest absolute Gasteiger partial charge is 0.237 e. The molecule has 1 aromatic heterocycles. The molecule has 3 aliphatic rings. The van der Waals surface area contributed by atoms with Crippen LogP contribution in [0.2, 0.25) is 0 Å². The van der Waals surface area contributed by atoms with Crippen molar-refractivity contribution in [1.82, 2.24) is 25.1 Å². The molecule has 1 amide bonds. The summed E-state index contributed by atoms with van der Waals surface area (Å²) in [6.07, 6.45) is 5.49. The van der Waals surface area contributed by atoms with Crippen LogP contribution in [0.3, 0.4) is 0 Å². The molecule has 1 saturated heterocycles. The average Bonchev–Trinajstić information content (AvgIpc) is 3.30. The molecule has 0 radical (unpaired) electrons. The molecule has 6 nitrogen and oxygen atoms in total. The normalized spacial score (nSPS) is 20.4. The van der Waals surface area contributed by atoms with Crippen molar-refractivity contribution in [3.63, 3.8) is 0 Å². The fraction of sp³-hybridized carbons (Fsp3) is 0.393. The van der Waals surface area contributed by atoms with Gasteiger partial charge in [0, 0.05) is 37.8 Å². The summed E-state index contributed by atoms with van der Waals surface area (Å²) in [4.78, 5) is 26.9. The fourth-order valence-electron chi connectivity index (χ4n) is 5.06. The number of aromatic nitrogens is 2. The third-order valence-electron chi connectivity index (χ3n) is 6.83. The van der Waals surface area contributed by atoms with Crippen LogP contribution in [0.25, 0.3) is 11.3 Å². The maximum atomic E-state index is 12.9. The van der Waals surface area contributed by atoms with Crippen LogP contribution in [0.5, 0.6) is 0 Å². The van der Waals surface area contributed by atoms with Gasteiger partial charge in [0.2, 0.25) is 5.91 Å². The van der Waals surface area contributed by atoms with Gasteiger partial charge in [-0.15, -0.1) is 0 Å². The van der Waals surface area contributed by atoms with Crippen molar-refractivity contribution in [1.29, 1.82) is 0 Å². The highest BCUT2D eigenvalue weighted by Crippen LogP contribution is 2.22. The van der Waals surface area contributed by atoms with Crippen molar-refractivity contribution in [2.45, 2.75) is 44.8 Å². The van der Waals surface area contributed by atoms with Gasteiger partial charge in [0.15, 0.2) is 0 Å². The van der Waals surface area contributed by atoms with Gasteiger partial charge in [-0.3, -0.25) is 9.69 Å². The Bertz CT molecular complexity index is 1130. The van der Waals surface area contributed by atoms with Crippen molar-refractivity contribution in [2.24, 2.45) is 0 Å². The second-order valence-electron chi connectivity index (χ2n) is 9.56. The van der Waals surface area contributed by atoms with E-state index in [1.807, 2.05) is 12.3 Å². The number of hydrogen-bond acceptors (Lipinski definition) is 5. The zero-order valence-corrected chi connectivity index (χ0v) is 19.9. The molecule has 6 bridgehead atoms. The van der Waals surface area contributed by atoms with Gasteiger partial charge < -0.3 is 10.2 Å². The largest absolute Gasteiger partial charge is 0.355 e. The summed E-state index contributed by atoms with van der Waals surface area (Å²) in [5.74, 6) is 0.991. The van der Waals surface area contributed by atoms with E-state index in [-0.39, 0.29) is 11.9 Å². The predicted octanol–water partition coefficient (Wildman–Crippen LogP) is 3.65. The summed E-state index contributed by atoms with van der Waals surface area (Å²) in [7, 11) is 2.13. The van der Waals surface area contributed by atoms with Gasteiger partial charge in [0.05, 0.1) is 11.7 Å². The van der Waals surface area contributed by atoms with Crippen molar-refractivity contribution >= 4 is 5.91 Å². The quantitative estimate of drug-likeness (QED) is 0.561. The Balaban J connectivity index is 1.42. The van der Waals surface area contributed by atoms with E-state index < -0.39 is 0 Å². The van der Waals surface area contributed by atoms with Crippen LogP contribution >= 0.6 is 0 Å². The highest BCUT2D eigenvalue weighted by atomic mass is 16.2. The number of fused-ring (bicyclic) bond motifs is 8. The van der Waals surface area contributed by atoms with Crippen LogP contribution in [0, 0.1) is 0 Å². The lowest BCUT2D eigenvalue weighted by Crippen LogP contribution is -2.43. The molecule has 6 heteroatoms. The lowest BCUT2D eigenvalue weighted by molar-refractivity contribution is -0.125. The van der Waals surface area contributed by atoms with E-state index in [2.05, 4.69) is 75.7 Å². The summed E-state index contributed by atoms with van der Waals surface area (Å²) in [5.41, 5.74) is 5.76. The van der Waals surface area contributed by atoms with Crippen molar-refractivity contribution in [2.75, 3.05) is 26.7 Å². The summed E-state index contributed by atoms with van der Waals surface area (Å²) < 4.78 is 0. The van der Waals surface area contributed by atoms with Crippen LogP contribution in [0.15, 0.2) is 60.8 Å². The number of hydrogen-bond donors (Lipinski definition) is 1. The zero-order valence-electron chi connectivity index (χ0n) is 19.9. The fourth-order valence-corrected chi connectivity index (χ4v) is 5.06. The Labute approximate surface area is 202 Å². The second kappa shape index (κ2) is 10.5. The molecule has 3 aromatic rings. The number of nitrogens with one attached hydrogen (secondary N) is 1. The van der Waals surface area contributed by atoms with E-state index in [0.29, 0.717) is 6.42 Å². The minimum absolute atomic E-state index is 0.0335. The predicted molar refractivity (Wildman–Crippen MR) is 134 cm³/mol. The first-order valence-corrected chi connectivity index (χ1v) is 12.3. The Morgan fingerprint density at radius 1 is 0.941 bits per heavy atom. The Hall–Kier alpha value is -3.09. The summed E-state index contributed by atoms with van der Waals surface area (Å²) in [6.45, 7) is 4.30. The third kappa shape index (κ3) is 5.51. The molecule has 0 saturated carbocycles. The van der Waals surface area contributed by atoms with Gasteiger partial charge in [-0.2, -0.15) is 0 Å². The van der Waals surface area contributed by atoms with E-state index in [4.69, 9.17) is 4.98 Å². The Morgan fingerprint density at radius 2 is 1.79 bits per heavy atom. The molecule has 4 heterocycles. The molecule has 0 spiro atoms. The van der Waals surface area contributed by atoms with E-state index in [1.165, 1.54) is 16.7 Å². The first-order valence-electron chi connectivity index (χ1n) is 12.3. The number of amides is 1. The summed E-state index contributed by atoms with van der Waals surface area (Å²) in [5, 5.41) is 3.19. The number of rotatable bonds is 0. The van der Waals surface area contributed by atoms with Crippen LogP contribution in [0.1, 0.15) is 41.8 Å². The van der Waals surface area contributed by atoms with E-state index in [9.17, 15) is 4.79 Å². The van der Waals surface area contributed by atoms with Crippen LogP contribution < -0.4 is 5.32 Å². The molecule has 3 aliphatic heterocycles. The first kappa shape index (κ1) is 22.7. The SMILES string of the molecule is CN1CCCNC(=O)[C@@H]2CCCN2Cc2cccc(c2)Cc2nccc(n2)-c2ccc(cc2)C1. The summed E-state index contributed by atoms with van der Waals surface area (Å²) in [6, 6.07) is 19.2. The number of benzene rings is 2. The highest BCUT2D eigenvalue weighted by molar-refractivity contribution is 5.82. The maximum Gasteiger partial charge on any atom is 0.237 e. The van der Waals surface area contributed by atoms with E-state index in [1.54, 1.807) is 0 Å². The van der Waals surface area contributed by atoms with Gasteiger partial charge in [-0.1, -0.05) is 48.5 Å². The van der Waals surface area contributed by atoms with Crippen molar-refractivity contribution in [3.8, 4) is 11.3 Å². The first-order chi connectivity index (χ1) is 16.6. The van der Waals surface area contributed by atoms with Crippen molar-refractivity contribution in [3.05, 3.63) is 83.3 Å². The van der Waals surface area contributed by atoms with Crippen LogP contribution in [-0.2, 0) is 24.3 Å².